The second-order valence-electron chi connectivity index (χ2n) is 6.19. The van der Waals surface area contributed by atoms with Crippen molar-refractivity contribution in [3.8, 4) is 0 Å². The molecule has 1 atom stereocenters. The summed E-state index contributed by atoms with van der Waals surface area (Å²) in [5, 5.41) is 10.2. The fourth-order valence-electron chi connectivity index (χ4n) is 2.68. The van der Waals surface area contributed by atoms with E-state index in [1.54, 1.807) is 19.1 Å². The normalized spacial score (nSPS) is 16.1. The van der Waals surface area contributed by atoms with Crippen molar-refractivity contribution in [2.75, 3.05) is 14.2 Å². The summed E-state index contributed by atoms with van der Waals surface area (Å²) < 4.78 is 38.6. The van der Waals surface area contributed by atoms with Gasteiger partial charge in [-0.05, 0) is 43.0 Å². The van der Waals surface area contributed by atoms with Gasteiger partial charge in [-0.15, -0.1) is 0 Å². The number of nitrogens with one attached hydrogen (secondary N) is 1. The van der Waals surface area contributed by atoms with Crippen molar-refractivity contribution >= 4 is 17.8 Å². The number of hydrogen-bond acceptors (Lipinski definition) is 5. The van der Waals surface area contributed by atoms with E-state index >= 15 is 0 Å². The van der Waals surface area contributed by atoms with E-state index in [4.69, 9.17) is 9.68 Å². The lowest BCUT2D eigenvalue weighted by Gasteiger charge is -2.15. The quantitative estimate of drug-likeness (QED) is 0.543. The summed E-state index contributed by atoms with van der Waals surface area (Å²) >= 11 is 0. The first-order valence-electron chi connectivity index (χ1n) is 8.87. The molecule has 1 aromatic rings. The average molecular weight is 409 g/mol. The largest absolute Gasteiger partial charge is 0.416 e. The van der Waals surface area contributed by atoms with Crippen molar-refractivity contribution in [1.29, 1.82) is 0 Å². The minimum absolute atomic E-state index is 0.0957. The van der Waals surface area contributed by atoms with Gasteiger partial charge in [-0.1, -0.05) is 34.6 Å². The number of hydrogen-bond donors (Lipinski definition) is 1. The van der Waals surface area contributed by atoms with Crippen LogP contribution >= 0.6 is 0 Å². The van der Waals surface area contributed by atoms with Gasteiger partial charge in [0.25, 0.3) is 5.91 Å². The van der Waals surface area contributed by atoms with Crippen LogP contribution in [-0.4, -0.2) is 32.0 Å². The second-order valence-corrected chi connectivity index (χ2v) is 6.19. The monoisotopic (exact) mass is 409 g/mol. The molecule has 0 fully saturated rings. The van der Waals surface area contributed by atoms with Gasteiger partial charge in [0.15, 0.2) is 5.71 Å². The van der Waals surface area contributed by atoms with Gasteiger partial charge < -0.3 is 15.0 Å². The van der Waals surface area contributed by atoms with Crippen LogP contribution in [-0.2, 0) is 20.6 Å². The summed E-state index contributed by atoms with van der Waals surface area (Å²) in [5.41, 5.74) is 0.933. The predicted molar refractivity (Wildman–Crippen MR) is 103 cm³/mol. The van der Waals surface area contributed by atoms with E-state index in [1.165, 1.54) is 26.4 Å². The number of oxime groups is 2. The Morgan fingerprint density at radius 3 is 2.76 bits per heavy atom. The predicted octanol–water partition coefficient (Wildman–Crippen LogP) is 4.16. The molecule has 1 aromatic carbocycles. The van der Waals surface area contributed by atoms with E-state index in [1.807, 2.05) is 6.08 Å². The number of benzene rings is 1. The first kappa shape index (κ1) is 22.2. The van der Waals surface area contributed by atoms with Crippen LogP contribution in [0, 0.1) is 0 Å². The van der Waals surface area contributed by atoms with E-state index in [2.05, 4.69) is 15.6 Å². The highest BCUT2D eigenvalue weighted by Gasteiger charge is 2.30. The molecular formula is C20H22F3N3O3. The number of rotatable bonds is 7. The first-order chi connectivity index (χ1) is 13.8. The summed E-state index contributed by atoms with van der Waals surface area (Å²) in [6.45, 7) is 1.60. The minimum Gasteiger partial charge on any atom is -0.398 e. The Bertz CT molecular complexity index is 858. The highest BCUT2D eigenvalue weighted by molar-refractivity contribution is 6.46. The van der Waals surface area contributed by atoms with E-state index in [0.717, 1.165) is 18.6 Å². The van der Waals surface area contributed by atoms with Crippen LogP contribution in [0.5, 0.6) is 0 Å². The highest BCUT2D eigenvalue weighted by atomic mass is 19.4. The Balaban J connectivity index is 2.21. The van der Waals surface area contributed by atoms with Gasteiger partial charge in [0, 0.05) is 12.6 Å². The number of allylic oxidation sites excluding steroid dienone is 3. The van der Waals surface area contributed by atoms with Crippen LogP contribution in [0.15, 0.2) is 57.9 Å². The molecule has 0 saturated carbocycles. The van der Waals surface area contributed by atoms with Gasteiger partial charge in [0.05, 0.1) is 11.8 Å². The lowest BCUT2D eigenvalue weighted by Crippen LogP contribution is -2.30. The zero-order valence-electron chi connectivity index (χ0n) is 16.3. The SMILES string of the molecule is CNC(=O)/C(=N/OC)C1=C(/C=N/OC(C)c2cccc(C(F)(F)F)c2)CCC=C1. The molecule has 6 nitrogen and oxygen atoms in total. The molecule has 0 bridgehead atoms. The molecule has 0 saturated heterocycles. The smallest absolute Gasteiger partial charge is 0.398 e. The molecule has 0 radical (unpaired) electrons. The van der Waals surface area contributed by atoms with Crippen LogP contribution in [0.25, 0.3) is 0 Å². The zero-order valence-corrected chi connectivity index (χ0v) is 16.3. The van der Waals surface area contributed by atoms with Crippen LogP contribution in [0.3, 0.4) is 0 Å². The molecular weight excluding hydrogens is 387 g/mol. The van der Waals surface area contributed by atoms with E-state index in [0.29, 0.717) is 23.1 Å². The minimum atomic E-state index is -4.43. The lowest BCUT2D eigenvalue weighted by atomic mass is 9.94. The average Bonchev–Trinajstić information content (AvgIpc) is 2.71. The Morgan fingerprint density at radius 1 is 1.34 bits per heavy atom. The number of carbonyl (C=O) groups excluding carboxylic acids is 1. The van der Waals surface area contributed by atoms with Gasteiger partial charge in [0.2, 0.25) is 0 Å². The topological polar surface area (TPSA) is 72.3 Å². The van der Waals surface area contributed by atoms with E-state index < -0.39 is 23.8 Å². The standard InChI is InChI=1S/C20H22F3N3O3/c1-13(14-8-6-9-16(11-14)20(21,22)23)29-25-12-15-7-4-5-10-17(15)18(26-28-3)19(27)24-2/h5-6,8-13H,4,7H2,1-3H3,(H,24,27)/b25-12+,26-18+. The number of halogens is 3. The third-order valence-corrected chi connectivity index (χ3v) is 4.20. The molecule has 0 heterocycles. The van der Waals surface area contributed by atoms with Crippen LogP contribution in [0.1, 0.15) is 37.0 Å². The Kier molecular flexibility index (Phi) is 7.58. The Morgan fingerprint density at radius 2 is 2.10 bits per heavy atom. The maximum atomic E-state index is 12.9. The molecule has 156 valence electrons. The summed E-state index contributed by atoms with van der Waals surface area (Å²) in [6.07, 6.45) is 1.29. The third-order valence-electron chi connectivity index (χ3n) is 4.20. The molecule has 1 N–H and O–H groups in total. The number of nitrogens with zero attached hydrogens (tertiary/aromatic N) is 2. The van der Waals surface area contributed by atoms with Gasteiger partial charge in [0.1, 0.15) is 13.2 Å². The summed E-state index contributed by atoms with van der Waals surface area (Å²) in [6, 6.07) is 4.90. The van der Waals surface area contributed by atoms with Gasteiger partial charge >= 0.3 is 6.18 Å². The van der Waals surface area contributed by atoms with Crippen molar-refractivity contribution < 1.29 is 27.6 Å². The van der Waals surface area contributed by atoms with Gasteiger partial charge in [-0.2, -0.15) is 13.2 Å². The van der Waals surface area contributed by atoms with Crippen molar-refractivity contribution in [3.05, 3.63) is 58.7 Å². The van der Waals surface area contributed by atoms with Crippen molar-refractivity contribution in [2.45, 2.75) is 32.0 Å². The van der Waals surface area contributed by atoms with Gasteiger partial charge in [-0.25, -0.2) is 0 Å². The molecule has 1 aliphatic rings. The molecule has 2 rings (SSSR count). The molecule has 0 aromatic heterocycles. The van der Waals surface area contributed by atoms with Crippen molar-refractivity contribution in [2.24, 2.45) is 10.3 Å². The Hall–Kier alpha value is -3.10. The van der Waals surface area contributed by atoms with E-state index in [9.17, 15) is 18.0 Å². The van der Waals surface area contributed by atoms with Gasteiger partial charge in [-0.3, -0.25) is 4.79 Å². The summed E-state index contributed by atoms with van der Waals surface area (Å²) in [5.74, 6) is -0.419. The summed E-state index contributed by atoms with van der Waals surface area (Å²) in [7, 11) is 2.82. The van der Waals surface area contributed by atoms with Crippen LogP contribution < -0.4 is 5.32 Å². The molecule has 9 heteroatoms. The molecule has 1 aliphatic carbocycles. The zero-order chi connectivity index (χ0) is 21.4. The number of carbonyl (C=O) groups is 1. The molecule has 0 spiro atoms. The number of alkyl halides is 3. The van der Waals surface area contributed by atoms with E-state index in [-0.39, 0.29) is 5.71 Å². The fraction of sp³-hybridized carbons (Fsp3) is 0.350. The maximum absolute atomic E-state index is 12.9. The Labute approximate surface area is 166 Å². The third kappa shape index (κ3) is 5.94. The number of amides is 1. The molecule has 29 heavy (non-hydrogen) atoms. The highest BCUT2D eigenvalue weighted by Crippen LogP contribution is 2.31. The molecule has 1 amide bonds. The van der Waals surface area contributed by atoms with Crippen molar-refractivity contribution in [1.82, 2.24) is 5.32 Å². The summed E-state index contributed by atoms with van der Waals surface area (Å²) in [4.78, 5) is 22.2. The van der Waals surface area contributed by atoms with Crippen LogP contribution in [0.2, 0.25) is 0 Å². The lowest BCUT2D eigenvalue weighted by molar-refractivity contribution is -0.137. The molecule has 1 unspecified atom stereocenters. The first-order valence-corrected chi connectivity index (χ1v) is 8.87. The second kappa shape index (κ2) is 9.90. The van der Waals surface area contributed by atoms with Crippen molar-refractivity contribution in [3.63, 3.8) is 0 Å². The maximum Gasteiger partial charge on any atom is 0.416 e. The fourth-order valence-corrected chi connectivity index (χ4v) is 2.68. The molecule has 0 aliphatic heterocycles. The van der Waals surface area contributed by atoms with Crippen LogP contribution in [0.4, 0.5) is 13.2 Å².